The van der Waals surface area contributed by atoms with Crippen molar-refractivity contribution in [2.24, 2.45) is 0 Å². The van der Waals surface area contributed by atoms with Gasteiger partial charge in [0.15, 0.2) is 11.6 Å². The molecule has 2 aromatic rings. The molecular formula is C20H25FN2O2. The van der Waals surface area contributed by atoms with Gasteiger partial charge >= 0.3 is 0 Å². The predicted octanol–water partition coefficient (Wildman–Crippen LogP) is 2.38. The van der Waals surface area contributed by atoms with Crippen LogP contribution in [0.25, 0.3) is 0 Å². The third-order valence-electron chi connectivity index (χ3n) is 4.45. The van der Waals surface area contributed by atoms with Gasteiger partial charge in [-0.1, -0.05) is 42.5 Å². The summed E-state index contributed by atoms with van der Waals surface area (Å²) >= 11 is 0. The van der Waals surface area contributed by atoms with Gasteiger partial charge in [0.05, 0.1) is 0 Å². The Labute approximate surface area is 148 Å². The van der Waals surface area contributed by atoms with Gasteiger partial charge in [-0.15, -0.1) is 0 Å². The molecule has 3 rings (SSSR count). The molecule has 1 atom stereocenters. The maximum Gasteiger partial charge on any atom is 0.165 e. The molecule has 1 saturated heterocycles. The molecule has 0 spiro atoms. The second kappa shape index (κ2) is 8.94. The van der Waals surface area contributed by atoms with Gasteiger partial charge in [-0.3, -0.25) is 9.80 Å². The number of hydrogen-bond donors (Lipinski definition) is 1. The summed E-state index contributed by atoms with van der Waals surface area (Å²) < 4.78 is 18.9. The van der Waals surface area contributed by atoms with Crippen molar-refractivity contribution < 1.29 is 14.2 Å². The third-order valence-corrected chi connectivity index (χ3v) is 4.45. The summed E-state index contributed by atoms with van der Waals surface area (Å²) in [5.41, 5.74) is 1.33. The van der Waals surface area contributed by atoms with Crippen LogP contribution >= 0.6 is 0 Å². The number of para-hydroxylation sites is 1. The van der Waals surface area contributed by atoms with E-state index in [4.69, 9.17) is 4.74 Å². The number of piperazine rings is 1. The van der Waals surface area contributed by atoms with Gasteiger partial charge in [-0.05, 0) is 17.7 Å². The normalized spacial score (nSPS) is 17.4. The number of β-amino-alcohol motifs (C(OH)–C–C–N with tert-alkyl or cyclic N) is 1. The lowest BCUT2D eigenvalue weighted by Gasteiger charge is -2.35. The van der Waals surface area contributed by atoms with Crippen molar-refractivity contribution in [3.05, 3.63) is 66.0 Å². The minimum Gasteiger partial charge on any atom is -0.488 e. The van der Waals surface area contributed by atoms with E-state index in [9.17, 15) is 9.50 Å². The molecule has 2 aromatic carbocycles. The molecule has 0 radical (unpaired) electrons. The molecule has 1 heterocycles. The van der Waals surface area contributed by atoms with E-state index in [-0.39, 0.29) is 12.4 Å². The highest BCUT2D eigenvalue weighted by Gasteiger charge is 2.19. The summed E-state index contributed by atoms with van der Waals surface area (Å²) in [5, 5.41) is 10.2. The van der Waals surface area contributed by atoms with Crippen LogP contribution in [0.1, 0.15) is 5.56 Å². The zero-order chi connectivity index (χ0) is 17.5. The number of ether oxygens (including phenoxy) is 1. The first-order valence-electron chi connectivity index (χ1n) is 8.75. The molecular weight excluding hydrogens is 319 g/mol. The van der Waals surface area contributed by atoms with Crippen LogP contribution in [0, 0.1) is 5.82 Å². The van der Waals surface area contributed by atoms with Crippen molar-refractivity contribution in [1.82, 2.24) is 9.80 Å². The Morgan fingerprint density at radius 1 is 0.920 bits per heavy atom. The maximum atomic E-state index is 13.5. The standard InChI is InChI=1S/C20H25FN2O2/c21-19-8-4-5-9-20(19)25-16-18(24)15-23-12-10-22(11-13-23)14-17-6-2-1-3-7-17/h1-9,18,24H,10-16H2/t18-/m0/s1. The number of hydrogen-bond acceptors (Lipinski definition) is 4. The summed E-state index contributed by atoms with van der Waals surface area (Å²) in [6.07, 6.45) is -0.625. The first-order chi connectivity index (χ1) is 12.2. The Morgan fingerprint density at radius 3 is 2.28 bits per heavy atom. The summed E-state index contributed by atoms with van der Waals surface area (Å²) in [5.74, 6) is -0.210. The zero-order valence-electron chi connectivity index (χ0n) is 14.4. The van der Waals surface area contributed by atoms with E-state index in [0.29, 0.717) is 6.54 Å². The molecule has 134 valence electrons. The van der Waals surface area contributed by atoms with Crippen LogP contribution in [-0.2, 0) is 6.54 Å². The van der Waals surface area contributed by atoms with Crippen LogP contribution in [-0.4, -0.2) is 60.3 Å². The van der Waals surface area contributed by atoms with Crippen LogP contribution in [0.5, 0.6) is 5.75 Å². The molecule has 0 unspecified atom stereocenters. The number of aliphatic hydroxyl groups is 1. The van der Waals surface area contributed by atoms with Crippen molar-refractivity contribution in [2.45, 2.75) is 12.6 Å². The lowest BCUT2D eigenvalue weighted by molar-refractivity contribution is 0.0437. The lowest BCUT2D eigenvalue weighted by atomic mass is 10.2. The van der Waals surface area contributed by atoms with Gasteiger partial charge in [0, 0.05) is 39.3 Å². The fraction of sp³-hybridized carbons (Fsp3) is 0.400. The van der Waals surface area contributed by atoms with Crippen molar-refractivity contribution >= 4 is 0 Å². The van der Waals surface area contributed by atoms with Gasteiger partial charge in [-0.2, -0.15) is 0 Å². The van der Waals surface area contributed by atoms with Crippen molar-refractivity contribution in [3.63, 3.8) is 0 Å². The second-order valence-corrected chi connectivity index (χ2v) is 6.46. The van der Waals surface area contributed by atoms with E-state index >= 15 is 0 Å². The summed E-state index contributed by atoms with van der Waals surface area (Å²) in [6, 6.07) is 16.7. The molecule has 1 N–H and O–H groups in total. The number of nitrogens with zero attached hydrogens (tertiary/aromatic N) is 2. The van der Waals surface area contributed by atoms with E-state index in [1.54, 1.807) is 18.2 Å². The first-order valence-corrected chi connectivity index (χ1v) is 8.75. The third kappa shape index (κ3) is 5.53. The SMILES string of the molecule is O[C@H](COc1ccccc1F)CN1CCN(Cc2ccccc2)CC1. The zero-order valence-corrected chi connectivity index (χ0v) is 14.4. The Kier molecular flexibility index (Phi) is 6.39. The van der Waals surface area contributed by atoms with Crippen LogP contribution < -0.4 is 4.74 Å². The van der Waals surface area contributed by atoms with E-state index < -0.39 is 11.9 Å². The number of benzene rings is 2. The van der Waals surface area contributed by atoms with E-state index in [1.165, 1.54) is 11.6 Å². The average Bonchev–Trinajstić information content (AvgIpc) is 2.64. The highest BCUT2D eigenvalue weighted by Crippen LogP contribution is 2.15. The molecule has 4 nitrogen and oxygen atoms in total. The molecule has 25 heavy (non-hydrogen) atoms. The predicted molar refractivity (Wildman–Crippen MR) is 96.1 cm³/mol. The van der Waals surface area contributed by atoms with Crippen molar-refractivity contribution in [2.75, 3.05) is 39.3 Å². The monoisotopic (exact) mass is 344 g/mol. The molecule has 1 aliphatic heterocycles. The van der Waals surface area contributed by atoms with Crippen LogP contribution in [0.4, 0.5) is 4.39 Å². The van der Waals surface area contributed by atoms with E-state index in [0.717, 1.165) is 32.7 Å². The van der Waals surface area contributed by atoms with Gasteiger partial charge in [0.1, 0.15) is 12.7 Å². The Balaban J connectivity index is 1.37. The molecule has 0 saturated carbocycles. The van der Waals surface area contributed by atoms with Gasteiger partial charge in [-0.25, -0.2) is 4.39 Å². The quantitative estimate of drug-likeness (QED) is 0.837. The Bertz CT molecular complexity index is 645. The highest BCUT2D eigenvalue weighted by atomic mass is 19.1. The smallest absolute Gasteiger partial charge is 0.165 e. The van der Waals surface area contributed by atoms with Crippen LogP contribution in [0.15, 0.2) is 54.6 Å². The molecule has 0 bridgehead atoms. The van der Waals surface area contributed by atoms with Crippen LogP contribution in [0.2, 0.25) is 0 Å². The maximum absolute atomic E-state index is 13.5. The molecule has 0 amide bonds. The molecule has 1 aliphatic rings. The highest BCUT2D eigenvalue weighted by molar-refractivity contribution is 5.23. The average molecular weight is 344 g/mol. The first kappa shape index (κ1) is 17.9. The minimum absolute atomic E-state index is 0.102. The van der Waals surface area contributed by atoms with Gasteiger partial charge in [0.2, 0.25) is 0 Å². The molecule has 0 aromatic heterocycles. The van der Waals surface area contributed by atoms with E-state index in [1.807, 2.05) is 6.07 Å². The summed E-state index contributed by atoms with van der Waals surface area (Å²) in [6.45, 7) is 5.42. The number of aliphatic hydroxyl groups excluding tert-OH is 1. The second-order valence-electron chi connectivity index (χ2n) is 6.46. The molecule has 1 fully saturated rings. The Hall–Kier alpha value is -1.95. The van der Waals surface area contributed by atoms with E-state index in [2.05, 4.69) is 34.1 Å². The fourth-order valence-corrected chi connectivity index (χ4v) is 3.07. The summed E-state index contributed by atoms with van der Waals surface area (Å²) in [4.78, 5) is 4.66. The molecule has 0 aliphatic carbocycles. The lowest BCUT2D eigenvalue weighted by Crippen LogP contribution is -2.48. The number of halogens is 1. The van der Waals surface area contributed by atoms with Crippen molar-refractivity contribution in [3.8, 4) is 5.75 Å². The number of rotatable bonds is 7. The van der Waals surface area contributed by atoms with Crippen LogP contribution in [0.3, 0.4) is 0 Å². The van der Waals surface area contributed by atoms with Crippen molar-refractivity contribution in [1.29, 1.82) is 0 Å². The molecule has 5 heteroatoms. The minimum atomic E-state index is -0.625. The topological polar surface area (TPSA) is 35.9 Å². The van der Waals surface area contributed by atoms with Gasteiger partial charge < -0.3 is 9.84 Å². The fourth-order valence-electron chi connectivity index (χ4n) is 3.07. The van der Waals surface area contributed by atoms with Gasteiger partial charge in [0.25, 0.3) is 0 Å². The largest absolute Gasteiger partial charge is 0.488 e. The summed E-state index contributed by atoms with van der Waals surface area (Å²) in [7, 11) is 0. The Morgan fingerprint density at radius 2 is 1.56 bits per heavy atom.